The third-order valence-corrected chi connectivity index (χ3v) is 6.26. The van der Waals surface area contributed by atoms with Crippen LogP contribution in [-0.4, -0.2) is 26.5 Å². The molecule has 2 aromatic carbocycles. The molecule has 1 aliphatic rings. The average Bonchev–Trinajstić information content (AvgIpc) is 3.21. The molecule has 4 nitrogen and oxygen atoms in total. The minimum Gasteiger partial charge on any atom is -0.491 e. The SMILES string of the molecule is O=S1CCOc2cc(-c3cc(-c4ccncc4)c(-c4ccccc4)[nH]3)ccc21. The topological polar surface area (TPSA) is 55.0 Å². The summed E-state index contributed by atoms with van der Waals surface area (Å²) in [6.07, 6.45) is 3.61. The molecular weight excluding hydrogens is 368 g/mol. The van der Waals surface area contributed by atoms with Crippen LogP contribution in [0, 0.1) is 0 Å². The van der Waals surface area contributed by atoms with Crippen molar-refractivity contribution in [1.29, 1.82) is 0 Å². The zero-order chi connectivity index (χ0) is 18.9. The van der Waals surface area contributed by atoms with Gasteiger partial charge in [0.1, 0.15) is 12.4 Å². The Morgan fingerprint density at radius 1 is 0.893 bits per heavy atom. The highest BCUT2D eigenvalue weighted by atomic mass is 32.2. The molecule has 28 heavy (non-hydrogen) atoms. The highest BCUT2D eigenvalue weighted by Gasteiger charge is 2.19. The van der Waals surface area contributed by atoms with Crippen LogP contribution in [0.1, 0.15) is 0 Å². The maximum atomic E-state index is 12.2. The van der Waals surface area contributed by atoms with E-state index in [9.17, 15) is 4.21 Å². The number of H-pyrrole nitrogens is 1. The molecule has 2 aromatic heterocycles. The molecule has 138 valence electrons. The van der Waals surface area contributed by atoms with Crippen LogP contribution in [0.5, 0.6) is 5.75 Å². The molecular formula is C23H18N2O2S. The van der Waals surface area contributed by atoms with Gasteiger partial charge in [-0.25, -0.2) is 0 Å². The molecule has 1 unspecified atom stereocenters. The molecule has 0 spiro atoms. The molecule has 5 rings (SSSR count). The number of nitrogens with zero attached hydrogens (tertiary/aromatic N) is 1. The van der Waals surface area contributed by atoms with E-state index < -0.39 is 10.8 Å². The van der Waals surface area contributed by atoms with Crippen LogP contribution in [0.25, 0.3) is 33.6 Å². The first kappa shape index (κ1) is 17.0. The zero-order valence-corrected chi connectivity index (χ0v) is 15.9. The van der Waals surface area contributed by atoms with Crippen molar-refractivity contribution in [3.8, 4) is 39.4 Å². The summed E-state index contributed by atoms with van der Waals surface area (Å²) in [6.45, 7) is 0.491. The lowest BCUT2D eigenvalue weighted by molar-refractivity contribution is 0.327. The van der Waals surface area contributed by atoms with Crippen LogP contribution in [0.15, 0.2) is 84.0 Å². The minimum atomic E-state index is -0.981. The maximum Gasteiger partial charge on any atom is 0.136 e. The highest BCUT2D eigenvalue weighted by Crippen LogP contribution is 2.37. The molecule has 3 heterocycles. The number of benzene rings is 2. The van der Waals surface area contributed by atoms with E-state index in [2.05, 4.69) is 28.2 Å². The highest BCUT2D eigenvalue weighted by molar-refractivity contribution is 7.85. The zero-order valence-electron chi connectivity index (χ0n) is 15.1. The summed E-state index contributed by atoms with van der Waals surface area (Å²) in [5.41, 5.74) is 6.40. The number of hydrogen-bond acceptors (Lipinski definition) is 3. The summed E-state index contributed by atoms with van der Waals surface area (Å²) < 4.78 is 17.9. The lowest BCUT2D eigenvalue weighted by atomic mass is 10.0. The van der Waals surface area contributed by atoms with Crippen molar-refractivity contribution in [3.05, 3.63) is 79.1 Å². The summed E-state index contributed by atoms with van der Waals surface area (Å²) in [7, 11) is -0.981. The number of pyridine rings is 1. The largest absolute Gasteiger partial charge is 0.491 e. The van der Waals surface area contributed by atoms with Gasteiger partial charge in [0.2, 0.25) is 0 Å². The van der Waals surface area contributed by atoms with Crippen molar-refractivity contribution in [2.45, 2.75) is 4.90 Å². The molecule has 0 aliphatic carbocycles. The van der Waals surface area contributed by atoms with Gasteiger partial charge < -0.3 is 9.72 Å². The van der Waals surface area contributed by atoms with Gasteiger partial charge in [0.15, 0.2) is 0 Å². The number of aromatic amines is 1. The molecule has 0 saturated carbocycles. The van der Waals surface area contributed by atoms with E-state index >= 15 is 0 Å². The van der Waals surface area contributed by atoms with Gasteiger partial charge in [-0.05, 0) is 41.5 Å². The van der Waals surface area contributed by atoms with Gasteiger partial charge >= 0.3 is 0 Å². The van der Waals surface area contributed by atoms with Crippen molar-refractivity contribution >= 4 is 10.8 Å². The van der Waals surface area contributed by atoms with Gasteiger partial charge in [-0.15, -0.1) is 0 Å². The fourth-order valence-electron chi connectivity index (χ4n) is 3.52. The number of aromatic nitrogens is 2. The molecule has 0 bridgehead atoms. The Morgan fingerprint density at radius 3 is 2.54 bits per heavy atom. The van der Waals surface area contributed by atoms with Crippen LogP contribution >= 0.6 is 0 Å². The number of nitrogens with one attached hydrogen (secondary N) is 1. The quantitative estimate of drug-likeness (QED) is 0.544. The first-order valence-corrected chi connectivity index (χ1v) is 10.5. The van der Waals surface area contributed by atoms with Gasteiger partial charge in [0, 0.05) is 29.2 Å². The Labute approximate surface area is 165 Å². The van der Waals surface area contributed by atoms with Gasteiger partial charge in [-0.2, -0.15) is 0 Å². The average molecular weight is 386 g/mol. The second-order valence-corrected chi connectivity index (χ2v) is 8.17. The van der Waals surface area contributed by atoms with Crippen molar-refractivity contribution in [2.75, 3.05) is 12.4 Å². The van der Waals surface area contributed by atoms with E-state index in [1.54, 1.807) is 12.4 Å². The predicted octanol–water partition coefficient (Wildman–Crippen LogP) is 4.91. The molecule has 1 aliphatic heterocycles. The monoisotopic (exact) mass is 386 g/mol. The number of fused-ring (bicyclic) bond motifs is 1. The van der Waals surface area contributed by atoms with Crippen molar-refractivity contribution in [2.24, 2.45) is 0 Å². The van der Waals surface area contributed by atoms with Crippen LogP contribution in [0.3, 0.4) is 0 Å². The van der Waals surface area contributed by atoms with E-state index in [1.807, 2.05) is 48.5 Å². The summed E-state index contributed by atoms with van der Waals surface area (Å²) >= 11 is 0. The molecule has 5 heteroatoms. The summed E-state index contributed by atoms with van der Waals surface area (Å²) in [4.78, 5) is 8.49. The molecule has 4 aromatic rings. The lowest BCUT2D eigenvalue weighted by Gasteiger charge is -2.17. The summed E-state index contributed by atoms with van der Waals surface area (Å²) in [5.74, 6) is 1.27. The summed E-state index contributed by atoms with van der Waals surface area (Å²) in [6, 6.07) is 22.3. The second kappa shape index (κ2) is 7.09. The second-order valence-electron chi connectivity index (χ2n) is 6.63. The van der Waals surface area contributed by atoms with Gasteiger partial charge in [-0.1, -0.05) is 36.4 Å². The predicted molar refractivity (Wildman–Crippen MR) is 112 cm³/mol. The van der Waals surface area contributed by atoms with Crippen molar-refractivity contribution in [3.63, 3.8) is 0 Å². The van der Waals surface area contributed by atoms with E-state index in [-0.39, 0.29) is 0 Å². The molecule has 1 N–H and O–H groups in total. The normalized spacial score (nSPS) is 15.6. The number of rotatable bonds is 3. The number of hydrogen-bond donors (Lipinski definition) is 1. The van der Waals surface area contributed by atoms with E-state index in [4.69, 9.17) is 4.74 Å². The van der Waals surface area contributed by atoms with Crippen LogP contribution < -0.4 is 4.74 Å². The third kappa shape index (κ3) is 3.04. The Kier molecular flexibility index (Phi) is 4.29. The van der Waals surface area contributed by atoms with Crippen molar-refractivity contribution in [1.82, 2.24) is 9.97 Å². The minimum absolute atomic E-state index is 0.491. The van der Waals surface area contributed by atoms with E-state index in [1.165, 1.54) is 0 Å². The Hall–Kier alpha value is -3.18. The first-order chi connectivity index (χ1) is 13.8. The Morgan fingerprint density at radius 2 is 1.71 bits per heavy atom. The molecule has 1 atom stereocenters. The van der Waals surface area contributed by atoms with Crippen LogP contribution in [0.4, 0.5) is 0 Å². The van der Waals surface area contributed by atoms with Crippen LogP contribution in [0.2, 0.25) is 0 Å². The standard InChI is InChI=1S/C23H18N2O2S/c26-28-13-12-27-21-14-18(6-7-22(21)28)20-15-19(16-8-10-24-11-9-16)23(25-20)17-4-2-1-3-5-17/h1-11,14-15,25H,12-13H2. The fraction of sp³-hybridized carbons (Fsp3) is 0.0870. The molecule has 0 radical (unpaired) electrons. The summed E-state index contributed by atoms with van der Waals surface area (Å²) in [5, 5.41) is 0. The van der Waals surface area contributed by atoms with E-state index in [0.29, 0.717) is 18.1 Å². The van der Waals surface area contributed by atoms with Crippen LogP contribution in [-0.2, 0) is 10.8 Å². The Bertz CT molecular complexity index is 1100. The third-order valence-electron chi connectivity index (χ3n) is 4.90. The first-order valence-electron chi connectivity index (χ1n) is 9.14. The lowest BCUT2D eigenvalue weighted by Crippen LogP contribution is -2.15. The van der Waals surface area contributed by atoms with Gasteiger partial charge in [0.25, 0.3) is 0 Å². The Balaban J connectivity index is 1.65. The fourth-order valence-corrected chi connectivity index (χ4v) is 4.53. The van der Waals surface area contributed by atoms with Gasteiger partial charge in [0.05, 0.1) is 27.1 Å². The van der Waals surface area contributed by atoms with Gasteiger partial charge in [-0.3, -0.25) is 9.19 Å². The maximum absolute atomic E-state index is 12.2. The van der Waals surface area contributed by atoms with Crippen molar-refractivity contribution < 1.29 is 8.95 Å². The smallest absolute Gasteiger partial charge is 0.136 e. The molecule has 0 fully saturated rings. The number of ether oxygens (including phenoxy) is 1. The molecule has 0 saturated heterocycles. The van der Waals surface area contributed by atoms with E-state index in [0.717, 1.165) is 38.5 Å². The molecule has 0 amide bonds.